The molecule has 1 heterocycles. The molecule has 0 saturated heterocycles. The highest BCUT2D eigenvalue weighted by atomic mass is 31.2. The number of amides is 1. The normalized spacial score (nSPS) is 14.5. The Labute approximate surface area is 172 Å². The van der Waals surface area contributed by atoms with Crippen LogP contribution in [0.5, 0.6) is 5.75 Å². The van der Waals surface area contributed by atoms with Gasteiger partial charge in [-0.2, -0.15) is 0 Å². The third-order valence-electron chi connectivity index (χ3n) is 5.55. The van der Waals surface area contributed by atoms with Crippen molar-refractivity contribution < 1.29 is 9.53 Å². The third kappa shape index (κ3) is 6.48. The Hall–Kier alpha value is -1.60. The molecule has 1 amide bonds. The quantitative estimate of drug-likeness (QED) is 0.363. The Morgan fingerprint density at radius 1 is 0.893 bits per heavy atom. The fourth-order valence-electron chi connectivity index (χ4n) is 3.81. The summed E-state index contributed by atoms with van der Waals surface area (Å²) in [5, 5.41) is 0. The lowest BCUT2D eigenvalue weighted by Gasteiger charge is -2.34. The summed E-state index contributed by atoms with van der Waals surface area (Å²) >= 11 is 0. The van der Waals surface area contributed by atoms with E-state index in [-0.39, 0.29) is 6.09 Å². The van der Waals surface area contributed by atoms with E-state index >= 15 is 0 Å². The molecule has 0 unspecified atom stereocenters. The maximum atomic E-state index is 12.5. The number of allylic oxidation sites excluding steroid dienone is 2. The van der Waals surface area contributed by atoms with E-state index in [2.05, 4.69) is 32.9 Å². The average Bonchev–Trinajstić information content (AvgIpc) is 2.74. The van der Waals surface area contributed by atoms with E-state index in [0.717, 1.165) is 0 Å². The first kappa shape index (κ1) is 22.7. The molecule has 0 atom stereocenters. The third-order valence-corrected chi connectivity index (χ3v) is 10.8. The predicted octanol–water partition coefficient (Wildman–Crippen LogP) is 7.31. The van der Waals surface area contributed by atoms with Gasteiger partial charge in [-0.1, -0.05) is 58.2 Å². The molecule has 1 aromatic carbocycles. The molecule has 0 spiro atoms. The van der Waals surface area contributed by atoms with Crippen molar-refractivity contribution in [2.24, 2.45) is 0 Å². The van der Waals surface area contributed by atoms with Crippen LogP contribution in [-0.2, 0) is 0 Å². The minimum Gasteiger partial charge on any atom is -0.410 e. The van der Waals surface area contributed by atoms with E-state index in [1.54, 1.807) is 17.0 Å². The zero-order chi connectivity index (χ0) is 20.2. The number of hydrogen-bond acceptors (Lipinski definition) is 2. The van der Waals surface area contributed by atoms with E-state index in [1.807, 2.05) is 30.6 Å². The molecule has 0 radical (unpaired) electrons. The van der Waals surface area contributed by atoms with Crippen LogP contribution in [0.4, 0.5) is 4.79 Å². The minimum atomic E-state index is -1.10. The molecule has 3 nitrogen and oxygen atoms in total. The van der Waals surface area contributed by atoms with Gasteiger partial charge in [-0.25, -0.2) is 4.79 Å². The second-order valence-electron chi connectivity index (χ2n) is 7.71. The van der Waals surface area contributed by atoms with Crippen molar-refractivity contribution in [2.45, 2.75) is 65.0 Å². The molecule has 4 heteroatoms. The van der Waals surface area contributed by atoms with Crippen molar-refractivity contribution >= 4 is 13.4 Å². The number of ether oxygens (including phenoxy) is 1. The Balaban J connectivity index is 2.09. The molecule has 0 fully saturated rings. The summed E-state index contributed by atoms with van der Waals surface area (Å²) < 4.78 is 5.46. The van der Waals surface area contributed by atoms with E-state index in [4.69, 9.17) is 4.74 Å². The van der Waals surface area contributed by atoms with Crippen LogP contribution in [0.15, 0.2) is 54.9 Å². The van der Waals surface area contributed by atoms with Crippen molar-refractivity contribution in [1.29, 1.82) is 0 Å². The van der Waals surface area contributed by atoms with Gasteiger partial charge in [-0.3, -0.25) is 4.90 Å². The smallest absolute Gasteiger partial charge is 0.410 e. The van der Waals surface area contributed by atoms with Crippen LogP contribution in [0.2, 0.25) is 0 Å². The Kier molecular flexibility index (Phi) is 9.78. The number of para-hydroxylation sites is 1. The van der Waals surface area contributed by atoms with Gasteiger partial charge < -0.3 is 4.74 Å². The second kappa shape index (κ2) is 12.1. The van der Waals surface area contributed by atoms with Crippen LogP contribution in [-0.4, -0.2) is 35.1 Å². The first-order chi connectivity index (χ1) is 13.6. The van der Waals surface area contributed by atoms with Crippen molar-refractivity contribution in [1.82, 2.24) is 4.90 Å². The Morgan fingerprint density at radius 3 is 1.86 bits per heavy atom. The second-order valence-corrected chi connectivity index (χ2v) is 12.1. The summed E-state index contributed by atoms with van der Waals surface area (Å²) in [4.78, 5) is 14.0. The monoisotopic (exact) mass is 402 g/mol. The standard InChI is InChI=1S/C24H37NO2P/c1-4-7-19-28(20-8-5-2,21-9-6-3)23-15-17-25(18-16-23)24(26)27-22-13-11-10-12-14-22/h10-18,23H,4-9,19-21H2,1-3H3/q+1. The molecule has 0 saturated carbocycles. The molecule has 0 aromatic heterocycles. The number of benzene rings is 1. The Bertz CT molecular complexity index is 605. The molecule has 0 bridgehead atoms. The van der Waals surface area contributed by atoms with Gasteiger partial charge in [-0.05, 0) is 43.5 Å². The number of carbonyl (C=O) groups excluding carboxylic acids is 1. The average molecular weight is 403 g/mol. The van der Waals surface area contributed by atoms with Gasteiger partial charge in [0.15, 0.2) is 0 Å². The summed E-state index contributed by atoms with van der Waals surface area (Å²) in [6.45, 7) is 6.88. The van der Waals surface area contributed by atoms with Crippen molar-refractivity contribution in [3.8, 4) is 5.75 Å². The topological polar surface area (TPSA) is 29.5 Å². The van der Waals surface area contributed by atoms with Crippen LogP contribution >= 0.6 is 7.26 Å². The molecule has 154 valence electrons. The highest BCUT2D eigenvalue weighted by Gasteiger charge is 2.42. The highest BCUT2D eigenvalue weighted by molar-refractivity contribution is 7.76. The van der Waals surface area contributed by atoms with Crippen LogP contribution in [0.1, 0.15) is 59.3 Å². The number of unbranched alkanes of at least 4 members (excludes halogenated alkanes) is 3. The largest absolute Gasteiger partial charge is 0.423 e. The molecule has 0 N–H and O–H groups in total. The van der Waals surface area contributed by atoms with Gasteiger partial charge in [0, 0.05) is 19.7 Å². The first-order valence-corrected chi connectivity index (χ1v) is 13.3. The number of carbonyl (C=O) groups is 1. The molecular weight excluding hydrogens is 365 g/mol. The van der Waals surface area contributed by atoms with E-state index in [0.29, 0.717) is 11.4 Å². The summed E-state index contributed by atoms with van der Waals surface area (Å²) in [5.74, 6) is 0.576. The fraction of sp³-hybridized carbons (Fsp3) is 0.542. The van der Waals surface area contributed by atoms with Gasteiger partial charge in [0.25, 0.3) is 0 Å². The lowest BCUT2D eigenvalue weighted by atomic mass is 10.3. The molecule has 2 rings (SSSR count). The van der Waals surface area contributed by atoms with E-state index in [9.17, 15) is 4.79 Å². The molecule has 1 aliphatic rings. The van der Waals surface area contributed by atoms with E-state index in [1.165, 1.54) is 57.0 Å². The number of nitrogens with zero attached hydrogens (tertiary/aromatic N) is 1. The van der Waals surface area contributed by atoms with Crippen LogP contribution in [0.25, 0.3) is 0 Å². The lowest BCUT2D eigenvalue weighted by Crippen LogP contribution is -2.28. The van der Waals surface area contributed by atoms with Gasteiger partial charge in [0.2, 0.25) is 0 Å². The highest BCUT2D eigenvalue weighted by Crippen LogP contribution is 2.66. The number of hydrogen-bond donors (Lipinski definition) is 0. The zero-order valence-corrected chi connectivity index (χ0v) is 18.7. The SMILES string of the molecule is CCCC[P+](CCCC)(CCCC)C1C=CN(C(=O)Oc2ccccc2)C=C1. The maximum absolute atomic E-state index is 12.5. The minimum absolute atomic E-state index is 0.350. The molecule has 1 aliphatic heterocycles. The van der Waals surface area contributed by atoms with Crippen molar-refractivity contribution in [3.05, 3.63) is 54.9 Å². The van der Waals surface area contributed by atoms with Gasteiger partial charge in [0.1, 0.15) is 11.4 Å². The van der Waals surface area contributed by atoms with Crippen molar-refractivity contribution in [2.75, 3.05) is 18.5 Å². The van der Waals surface area contributed by atoms with Gasteiger partial charge >= 0.3 is 6.09 Å². The summed E-state index contributed by atoms with van der Waals surface area (Å²) in [6.07, 6.45) is 19.9. The Morgan fingerprint density at radius 2 is 1.39 bits per heavy atom. The van der Waals surface area contributed by atoms with Gasteiger partial charge in [-0.15, -0.1) is 0 Å². The fourth-order valence-corrected chi connectivity index (χ4v) is 9.09. The summed E-state index contributed by atoms with van der Waals surface area (Å²) in [6, 6.07) is 9.25. The first-order valence-electron chi connectivity index (χ1n) is 10.9. The lowest BCUT2D eigenvalue weighted by molar-refractivity contribution is 0.181. The molecular formula is C24H37NO2P+. The van der Waals surface area contributed by atoms with Crippen molar-refractivity contribution in [3.63, 3.8) is 0 Å². The van der Waals surface area contributed by atoms with Gasteiger partial charge in [0.05, 0.1) is 18.5 Å². The zero-order valence-electron chi connectivity index (χ0n) is 17.8. The molecule has 0 aliphatic carbocycles. The summed E-state index contributed by atoms with van der Waals surface area (Å²) in [7, 11) is -1.10. The van der Waals surface area contributed by atoms with Crippen LogP contribution in [0.3, 0.4) is 0 Å². The number of rotatable bonds is 11. The predicted molar refractivity (Wildman–Crippen MR) is 123 cm³/mol. The molecule has 1 aromatic rings. The maximum Gasteiger partial charge on any atom is 0.423 e. The summed E-state index contributed by atoms with van der Waals surface area (Å²) in [5.41, 5.74) is 0.498. The van der Waals surface area contributed by atoms with Crippen LogP contribution < -0.4 is 4.74 Å². The van der Waals surface area contributed by atoms with E-state index < -0.39 is 7.26 Å². The molecule has 28 heavy (non-hydrogen) atoms. The van der Waals surface area contributed by atoms with Crippen LogP contribution in [0, 0.1) is 0 Å².